The van der Waals surface area contributed by atoms with Crippen molar-refractivity contribution in [3.8, 4) is 0 Å². The number of fused-ring (bicyclic) bond motifs is 1. The zero-order chi connectivity index (χ0) is 14.3. The summed E-state index contributed by atoms with van der Waals surface area (Å²) in [5.41, 5.74) is 0.840. The third-order valence-electron chi connectivity index (χ3n) is 4.46. The van der Waals surface area contributed by atoms with Gasteiger partial charge in [0.15, 0.2) is 0 Å². The monoisotopic (exact) mass is 296 g/mol. The number of rotatable bonds is 2. The predicted octanol–water partition coefficient (Wildman–Crippen LogP) is 0.584. The first kappa shape index (κ1) is 14.0. The van der Waals surface area contributed by atoms with Crippen LogP contribution in [-0.2, 0) is 11.2 Å². The Morgan fingerprint density at radius 1 is 1.35 bits per heavy atom. The van der Waals surface area contributed by atoms with Crippen molar-refractivity contribution in [3.63, 3.8) is 0 Å². The second-order valence-electron chi connectivity index (χ2n) is 5.96. The minimum Gasteiger partial charge on any atom is -0.390 e. The number of likely N-dealkylation sites (tertiary alicyclic amines) is 1. The molecule has 6 heteroatoms. The first-order chi connectivity index (χ1) is 9.52. The maximum absolute atomic E-state index is 12.3. The molecular weight excluding hydrogens is 276 g/mol. The van der Waals surface area contributed by atoms with Crippen LogP contribution in [0.15, 0.2) is 5.38 Å². The van der Waals surface area contributed by atoms with Gasteiger partial charge in [-0.05, 0) is 31.6 Å². The average molecular weight is 296 g/mol. The normalized spacial score (nSPS) is 33.2. The van der Waals surface area contributed by atoms with Crippen LogP contribution in [0.2, 0.25) is 0 Å². The molecule has 5 nitrogen and oxygen atoms in total. The first-order valence-electron chi connectivity index (χ1n) is 7.08. The van der Waals surface area contributed by atoms with E-state index in [1.54, 1.807) is 11.3 Å². The molecule has 0 radical (unpaired) electrons. The molecule has 1 aliphatic heterocycles. The Labute approximate surface area is 122 Å². The van der Waals surface area contributed by atoms with Gasteiger partial charge in [-0.25, -0.2) is 4.98 Å². The number of aliphatic hydroxyl groups is 2. The average Bonchev–Trinajstić information content (AvgIpc) is 2.96. The van der Waals surface area contributed by atoms with E-state index in [0.29, 0.717) is 44.2 Å². The van der Waals surface area contributed by atoms with Gasteiger partial charge in [0.25, 0.3) is 0 Å². The molecule has 1 saturated carbocycles. The van der Waals surface area contributed by atoms with E-state index in [9.17, 15) is 15.0 Å². The lowest BCUT2D eigenvalue weighted by atomic mass is 9.79. The van der Waals surface area contributed by atoms with Gasteiger partial charge < -0.3 is 15.1 Å². The first-order valence-corrected chi connectivity index (χ1v) is 7.96. The molecular formula is C14H20N2O3S. The van der Waals surface area contributed by atoms with Crippen molar-refractivity contribution in [2.45, 2.75) is 38.4 Å². The molecule has 0 unspecified atom stereocenters. The molecule has 3 rings (SSSR count). The number of carbonyl (C=O) groups is 1. The molecule has 2 N–H and O–H groups in total. The summed E-state index contributed by atoms with van der Waals surface area (Å²) < 4.78 is 0. The van der Waals surface area contributed by atoms with E-state index in [4.69, 9.17) is 0 Å². The lowest BCUT2D eigenvalue weighted by molar-refractivity contribution is -0.129. The summed E-state index contributed by atoms with van der Waals surface area (Å²) in [5.74, 6) is 0.762. The fourth-order valence-corrected chi connectivity index (χ4v) is 3.98. The van der Waals surface area contributed by atoms with Crippen LogP contribution >= 0.6 is 11.3 Å². The topological polar surface area (TPSA) is 73.7 Å². The number of carbonyl (C=O) groups excluding carboxylic acids is 1. The Hall–Kier alpha value is -0.980. The molecule has 0 bridgehead atoms. The van der Waals surface area contributed by atoms with Crippen LogP contribution in [-0.4, -0.2) is 51.3 Å². The van der Waals surface area contributed by atoms with Gasteiger partial charge in [0.2, 0.25) is 5.91 Å². The maximum Gasteiger partial charge on any atom is 0.228 e. The molecule has 4 atom stereocenters. The number of aliphatic hydroxyl groups excluding tert-OH is 2. The fourth-order valence-electron chi connectivity index (χ4n) is 3.37. The van der Waals surface area contributed by atoms with E-state index in [1.165, 1.54) is 0 Å². The Morgan fingerprint density at radius 2 is 1.95 bits per heavy atom. The van der Waals surface area contributed by atoms with Crippen molar-refractivity contribution in [1.29, 1.82) is 0 Å². The van der Waals surface area contributed by atoms with E-state index in [-0.39, 0.29) is 5.91 Å². The molecule has 20 heavy (non-hydrogen) atoms. The highest BCUT2D eigenvalue weighted by Crippen LogP contribution is 2.36. The molecule has 0 aromatic carbocycles. The van der Waals surface area contributed by atoms with Gasteiger partial charge in [-0.1, -0.05) is 0 Å². The van der Waals surface area contributed by atoms with Gasteiger partial charge in [0, 0.05) is 18.5 Å². The Balaban J connectivity index is 1.60. The van der Waals surface area contributed by atoms with E-state index in [1.807, 2.05) is 17.2 Å². The summed E-state index contributed by atoms with van der Waals surface area (Å²) in [6.45, 7) is 3.35. The highest BCUT2D eigenvalue weighted by atomic mass is 32.1. The molecule has 1 aliphatic carbocycles. The van der Waals surface area contributed by atoms with Gasteiger partial charge in [-0.15, -0.1) is 11.3 Å². The minimum absolute atomic E-state index is 0.105. The second-order valence-corrected chi connectivity index (χ2v) is 7.02. The minimum atomic E-state index is -0.632. The molecule has 2 aliphatic rings. The van der Waals surface area contributed by atoms with E-state index >= 15 is 0 Å². The standard InChI is InChI=1S/C14H20N2O3S/c1-8-15-11(7-20-8)4-14(19)16-5-9-2-12(17)13(18)3-10(9)6-16/h7,9-10,12-13,17-18H,2-6H2,1H3/t9-,10+,12-,13-/m0/s1. The highest BCUT2D eigenvalue weighted by Gasteiger charge is 2.42. The van der Waals surface area contributed by atoms with Crippen molar-refractivity contribution in [1.82, 2.24) is 9.88 Å². The molecule has 2 fully saturated rings. The van der Waals surface area contributed by atoms with E-state index in [2.05, 4.69) is 4.98 Å². The Morgan fingerprint density at radius 3 is 2.45 bits per heavy atom. The van der Waals surface area contributed by atoms with Crippen LogP contribution in [0, 0.1) is 18.8 Å². The summed E-state index contributed by atoms with van der Waals surface area (Å²) in [6, 6.07) is 0. The second kappa shape index (κ2) is 5.42. The lowest BCUT2D eigenvalue weighted by Gasteiger charge is -2.31. The quantitative estimate of drug-likeness (QED) is 0.837. The molecule has 1 aromatic heterocycles. The SMILES string of the molecule is Cc1nc(CC(=O)N2C[C@H]3C[C@H](O)[C@@H](O)C[C@H]3C2)cs1. The van der Waals surface area contributed by atoms with Gasteiger partial charge >= 0.3 is 0 Å². The highest BCUT2D eigenvalue weighted by molar-refractivity contribution is 7.09. The molecule has 1 saturated heterocycles. The third kappa shape index (κ3) is 2.73. The Kier molecular flexibility index (Phi) is 3.79. The predicted molar refractivity (Wildman–Crippen MR) is 75.4 cm³/mol. The van der Waals surface area contributed by atoms with Crippen molar-refractivity contribution in [2.24, 2.45) is 11.8 Å². The number of thiazole rings is 1. The van der Waals surface area contributed by atoms with Crippen LogP contribution < -0.4 is 0 Å². The van der Waals surface area contributed by atoms with Gasteiger partial charge in [0.05, 0.1) is 29.3 Å². The Bertz CT molecular complexity index is 486. The number of hydrogen-bond acceptors (Lipinski definition) is 5. The third-order valence-corrected chi connectivity index (χ3v) is 5.28. The van der Waals surface area contributed by atoms with Crippen molar-refractivity contribution < 1.29 is 15.0 Å². The summed E-state index contributed by atoms with van der Waals surface area (Å²) >= 11 is 1.56. The molecule has 1 amide bonds. The van der Waals surface area contributed by atoms with Gasteiger partial charge in [0.1, 0.15) is 0 Å². The van der Waals surface area contributed by atoms with E-state index < -0.39 is 12.2 Å². The van der Waals surface area contributed by atoms with Crippen LogP contribution in [0.3, 0.4) is 0 Å². The summed E-state index contributed by atoms with van der Waals surface area (Å²) in [7, 11) is 0. The fraction of sp³-hybridized carbons (Fsp3) is 0.714. The number of amides is 1. The van der Waals surface area contributed by atoms with Crippen LogP contribution in [0.5, 0.6) is 0 Å². The number of nitrogens with zero attached hydrogens (tertiary/aromatic N) is 2. The molecule has 1 aromatic rings. The smallest absolute Gasteiger partial charge is 0.228 e. The van der Waals surface area contributed by atoms with Crippen LogP contribution in [0.1, 0.15) is 23.5 Å². The van der Waals surface area contributed by atoms with E-state index in [0.717, 1.165) is 10.7 Å². The number of aryl methyl sites for hydroxylation is 1. The zero-order valence-corrected chi connectivity index (χ0v) is 12.3. The largest absolute Gasteiger partial charge is 0.390 e. The van der Waals surface area contributed by atoms with Crippen LogP contribution in [0.4, 0.5) is 0 Å². The molecule has 110 valence electrons. The summed E-state index contributed by atoms with van der Waals surface area (Å²) in [6.07, 6.45) is 0.297. The molecule has 2 heterocycles. The maximum atomic E-state index is 12.3. The van der Waals surface area contributed by atoms with Crippen LogP contribution in [0.25, 0.3) is 0 Å². The summed E-state index contributed by atoms with van der Waals surface area (Å²) in [5, 5.41) is 22.4. The van der Waals surface area contributed by atoms with Gasteiger partial charge in [-0.2, -0.15) is 0 Å². The van der Waals surface area contributed by atoms with Crippen molar-refractivity contribution in [3.05, 3.63) is 16.1 Å². The van der Waals surface area contributed by atoms with Crippen molar-refractivity contribution >= 4 is 17.2 Å². The lowest BCUT2D eigenvalue weighted by Crippen LogP contribution is -2.38. The zero-order valence-electron chi connectivity index (χ0n) is 11.5. The number of hydrogen-bond donors (Lipinski definition) is 2. The van der Waals surface area contributed by atoms with Gasteiger partial charge in [-0.3, -0.25) is 4.79 Å². The number of aromatic nitrogens is 1. The summed E-state index contributed by atoms with van der Waals surface area (Å²) in [4.78, 5) is 18.5. The molecule has 0 spiro atoms. The van der Waals surface area contributed by atoms with Crippen molar-refractivity contribution in [2.75, 3.05) is 13.1 Å².